The molecule has 72 valence electrons. The molecule has 0 radical (unpaired) electrons. The van der Waals surface area contributed by atoms with Crippen molar-refractivity contribution in [3.63, 3.8) is 0 Å². The van der Waals surface area contributed by atoms with Crippen molar-refractivity contribution in [2.75, 3.05) is 13.2 Å². The number of aliphatic hydroxyl groups is 2. The molecule has 0 aromatic rings. The zero-order valence-corrected chi connectivity index (χ0v) is 9.16. The third-order valence-electron chi connectivity index (χ3n) is 0.271. The number of carboxylic acid groups (broad SMARTS) is 2. The fraction of sp³-hybridized carbons (Fsp3) is 0.500. The van der Waals surface area contributed by atoms with Gasteiger partial charge < -0.3 is 23.3 Å². The third kappa shape index (κ3) is 47.4. The zero-order chi connectivity index (χ0) is 8.57. The van der Waals surface area contributed by atoms with Gasteiger partial charge in [-0.1, -0.05) is 0 Å². The fourth-order valence-corrected chi connectivity index (χ4v) is 0. The van der Waals surface area contributed by atoms with E-state index in [9.17, 15) is 0 Å². The van der Waals surface area contributed by atoms with Crippen LogP contribution < -0.4 is 0 Å². The molecule has 8 heteroatoms. The van der Waals surface area contributed by atoms with Gasteiger partial charge in [-0.25, -0.2) is 9.59 Å². The van der Waals surface area contributed by atoms with E-state index in [0.717, 1.165) is 0 Å². The molecule has 0 aromatic heterocycles. The Labute approximate surface area is 108 Å². The molecule has 0 saturated carbocycles. The van der Waals surface area contributed by atoms with E-state index in [4.69, 9.17) is 30.0 Å². The molecular weight excluding hydrogens is 220 g/mol. The number of aliphatic hydroxyl groups excluding tert-OH is 2. The van der Waals surface area contributed by atoms with Gasteiger partial charge in [0.05, 0.1) is 0 Å². The van der Waals surface area contributed by atoms with Crippen molar-refractivity contribution in [1.29, 1.82) is 0 Å². The monoisotopic (exact) mass is 230 g/mol. The molecule has 0 saturated heterocycles. The number of carboxylic acids is 2. The first kappa shape index (κ1) is 22.8. The third-order valence-corrected chi connectivity index (χ3v) is 0.271. The van der Waals surface area contributed by atoms with Gasteiger partial charge in [0, 0.05) is 0 Å². The summed E-state index contributed by atoms with van der Waals surface area (Å²) < 4.78 is 0. The molecule has 0 fully saturated rings. The van der Waals surface area contributed by atoms with Gasteiger partial charge in [-0.2, -0.15) is 0 Å². The SMILES string of the molecule is Cl.O=C(O)CO.O=C(O)CO.[Ca+2].[H-].[H-]. The Balaban J connectivity index is -0.0000000178. The summed E-state index contributed by atoms with van der Waals surface area (Å²) in [7, 11) is 0. The maximum atomic E-state index is 9.12. The van der Waals surface area contributed by atoms with Crippen LogP contribution in [0, 0.1) is 0 Å². The number of halogens is 1. The maximum absolute atomic E-state index is 9.12. The summed E-state index contributed by atoms with van der Waals surface area (Å²) >= 11 is 0. The molecule has 0 aliphatic heterocycles. The summed E-state index contributed by atoms with van der Waals surface area (Å²) in [6.45, 7) is -1.56. The van der Waals surface area contributed by atoms with Crippen molar-refractivity contribution < 1.29 is 32.9 Å². The second-order valence-electron chi connectivity index (χ2n) is 1.10. The second-order valence-corrected chi connectivity index (χ2v) is 1.10. The molecule has 0 amide bonds. The average molecular weight is 231 g/mol. The summed E-state index contributed by atoms with van der Waals surface area (Å²) in [6, 6.07) is 0. The molecule has 0 aliphatic carbocycles. The van der Waals surface area contributed by atoms with E-state index in [0.29, 0.717) is 0 Å². The van der Waals surface area contributed by atoms with Crippen LogP contribution in [0.5, 0.6) is 0 Å². The van der Waals surface area contributed by atoms with Crippen LogP contribution in [0.15, 0.2) is 0 Å². The molecule has 0 aliphatic rings. The second kappa shape index (κ2) is 17.5. The first-order valence-electron chi connectivity index (χ1n) is 2.20. The van der Waals surface area contributed by atoms with Gasteiger partial charge in [0.15, 0.2) is 0 Å². The molecule has 0 heterocycles. The normalized spacial score (nSPS) is 6.17. The van der Waals surface area contributed by atoms with Gasteiger partial charge in [0.2, 0.25) is 0 Å². The molecule has 0 aromatic carbocycles. The van der Waals surface area contributed by atoms with E-state index in [1.54, 1.807) is 0 Å². The van der Waals surface area contributed by atoms with E-state index >= 15 is 0 Å². The predicted molar refractivity (Wildman–Crippen MR) is 44.7 cm³/mol. The van der Waals surface area contributed by atoms with Crippen LogP contribution in [0.4, 0.5) is 0 Å². The Hall–Kier alpha value is 0.410. The standard InChI is InChI=1S/2C2H4O3.Ca.ClH.2H/c2*3-1-2(4)5;;;;/h2*3H,1H2,(H,4,5);;1H;;/q;;+2;;2*-1. The van der Waals surface area contributed by atoms with Crippen molar-refractivity contribution >= 4 is 62.1 Å². The molecule has 4 N–H and O–H groups in total. The average Bonchev–Trinajstić information content (AvgIpc) is 1.89. The van der Waals surface area contributed by atoms with Crippen molar-refractivity contribution in [2.45, 2.75) is 0 Å². The Morgan fingerprint density at radius 2 is 1.08 bits per heavy atom. The van der Waals surface area contributed by atoms with Gasteiger partial charge in [-0.15, -0.1) is 12.4 Å². The largest absolute Gasteiger partial charge is 2.00 e. The molecule has 12 heavy (non-hydrogen) atoms. The Kier molecular flexibility index (Phi) is 33.3. The topological polar surface area (TPSA) is 115 Å². The van der Waals surface area contributed by atoms with Gasteiger partial charge in [0.1, 0.15) is 13.2 Å². The number of carbonyl (C=O) groups is 2. The van der Waals surface area contributed by atoms with Crippen molar-refractivity contribution in [1.82, 2.24) is 0 Å². The van der Waals surface area contributed by atoms with Crippen LogP contribution in [-0.4, -0.2) is 83.3 Å². The van der Waals surface area contributed by atoms with Gasteiger partial charge in [0.25, 0.3) is 0 Å². The summed E-state index contributed by atoms with van der Waals surface area (Å²) in [4.78, 5) is 18.2. The minimum Gasteiger partial charge on any atom is -1.00 e. The molecule has 0 bridgehead atoms. The summed E-state index contributed by atoms with van der Waals surface area (Å²) in [5, 5.41) is 30.0. The fourth-order valence-electron chi connectivity index (χ4n) is 0. The van der Waals surface area contributed by atoms with Crippen LogP contribution in [0.2, 0.25) is 0 Å². The molecule has 0 rings (SSSR count). The van der Waals surface area contributed by atoms with E-state index in [1.807, 2.05) is 0 Å². The number of aliphatic carboxylic acids is 2. The molecule has 0 atom stereocenters. The molecule has 6 nitrogen and oxygen atoms in total. The first-order chi connectivity index (χ1) is 4.54. The minimum atomic E-state index is -1.19. The van der Waals surface area contributed by atoms with E-state index in [2.05, 4.69) is 0 Å². The Bertz CT molecular complexity index is 112. The zero-order valence-electron chi connectivity index (χ0n) is 8.13. The number of rotatable bonds is 2. The summed E-state index contributed by atoms with van der Waals surface area (Å²) in [5.74, 6) is -2.38. The molecular formula is C4H11CaClO6. The maximum Gasteiger partial charge on any atom is 2.00 e. The van der Waals surface area contributed by atoms with Crippen LogP contribution in [0.1, 0.15) is 2.85 Å². The number of hydrogen-bond acceptors (Lipinski definition) is 4. The van der Waals surface area contributed by atoms with E-state index < -0.39 is 25.2 Å². The van der Waals surface area contributed by atoms with Crippen LogP contribution in [-0.2, 0) is 9.59 Å². The predicted octanol–water partition coefficient (Wildman–Crippen LogP) is -1.61. The smallest absolute Gasteiger partial charge is 1.00 e. The molecule has 0 unspecified atom stereocenters. The van der Waals surface area contributed by atoms with Crippen molar-refractivity contribution in [3.05, 3.63) is 0 Å². The van der Waals surface area contributed by atoms with Gasteiger partial charge >= 0.3 is 49.7 Å². The van der Waals surface area contributed by atoms with Crippen molar-refractivity contribution in [2.24, 2.45) is 0 Å². The Morgan fingerprint density at radius 3 is 1.08 bits per heavy atom. The summed E-state index contributed by atoms with van der Waals surface area (Å²) in [6.07, 6.45) is 0. The number of hydrogen-bond donors (Lipinski definition) is 4. The van der Waals surface area contributed by atoms with Gasteiger partial charge in [-0.05, 0) is 0 Å². The first-order valence-corrected chi connectivity index (χ1v) is 2.20. The molecule has 0 spiro atoms. The van der Waals surface area contributed by atoms with Crippen LogP contribution in [0.3, 0.4) is 0 Å². The Morgan fingerprint density at radius 1 is 1.00 bits per heavy atom. The van der Waals surface area contributed by atoms with E-state index in [-0.39, 0.29) is 53.0 Å². The van der Waals surface area contributed by atoms with E-state index in [1.165, 1.54) is 0 Å². The van der Waals surface area contributed by atoms with Gasteiger partial charge in [-0.3, -0.25) is 0 Å². The minimum absolute atomic E-state index is 0. The van der Waals surface area contributed by atoms with Crippen LogP contribution >= 0.6 is 12.4 Å². The quantitative estimate of drug-likeness (QED) is 0.425. The van der Waals surface area contributed by atoms with Crippen molar-refractivity contribution in [3.8, 4) is 0 Å². The van der Waals surface area contributed by atoms with Crippen LogP contribution in [0.25, 0.3) is 0 Å². The summed E-state index contributed by atoms with van der Waals surface area (Å²) in [5.41, 5.74) is 0.